The number of fused-ring (bicyclic) bond motifs is 1. The Bertz CT molecular complexity index is 922. The molecule has 1 aromatic heterocycles. The molecular weight excluding hydrogens is 346 g/mol. The van der Waals surface area contributed by atoms with E-state index >= 15 is 0 Å². The Kier molecular flexibility index (Phi) is 5.30. The van der Waals surface area contributed by atoms with Crippen LogP contribution in [0.25, 0.3) is 6.08 Å². The predicted octanol–water partition coefficient (Wildman–Crippen LogP) is 1.57. The number of primary amides is 1. The fourth-order valence-electron chi connectivity index (χ4n) is 3.32. The molecule has 7 nitrogen and oxygen atoms in total. The quantitative estimate of drug-likeness (QED) is 0.694. The molecule has 1 aliphatic carbocycles. The highest BCUT2D eigenvalue weighted by atomic mass is 16.4. The van der Waals surface area contributed by atoms with Crippen LogP contribution < -0.4 is 11.1 Å². The van der Waals surface area contributed by atoms with Gasteiger partial charge in [0.1, 0.15) is 0 Å². The van der Waals surface area contributed by atoms with Crippen LogP contribution in [0.5, 0.6) is 0 Å². The number of rotatable bonds is 5. The number of carboxylic acids is 1. The summed E-state index contributed by atoms with van der Waals surface area (Å²) in [5.74, 6) is -2.23. The van der Waals surface area contributed by atoms with Crippen LogP contribution in [-0.4, -0.2) is 33.9 Å². The highest BCUT2D eigenvalue weighted by Gasteiger charge is 2.27. The van der Waals surface area contributed by atoms with Gasteiger partial charge in [-0.1, -0.05) is 12.1 Å². The highest BCUT2D eigenvalue weighted by molar-refractivity contribution is 6.05. The molecule has 138 valence electrons. The summed E-state index contributed by atoms with van der Waals surface area (Å²) in [6, 6.07) is 6.54. The van der Waals surface area contributed by atoms with Gasteiger partial charge in [0.15, 0.2) is 0 Å². The maximum atomic E-state index is 12.2. The molecule has 0 saturated carbocycles. The van der Waals surface area contributed by atoms with Gasteiger partial charge in [-0.3, -0.25) is 14.6 Å². The van der Waals surface area contributed by atoms with Gasteiger partial charge in [0.2, 0.25) is 11.8 Å². The molecule has 0 aliphatic heterocycles. The molecule has 1 atom stereocenters. The smallest absolute Gasteiger partial charge is 0.336 e. The van der Waals surface area contributed by atoms with Gasteiger partial charge >= 0.3 is 5.97 Å². The number of aromatic carboxylic acids is 1. The zero-order chi connectivity index (χ0) is 19.4. The lowest BCUT2D eigenvalue weighted by atomic mass is 9.83. The van der Waals surface area contributed by atoms with E-state index in [1.807, 2.05) is 6.07 Å². The summed E-state index contributed by atoms with van der Waals surface area (Å²) in [6.45, 7) is 0. The Morgan fingerprint density at radius 1 is 1.26 bits per heavy atom. The van der Waals surface area contributed by atoms with Crippen LogP contribution in [0.3, 0.4) is 0 Å². The number of carbonyl (C=O) groups excluding carboxylic acids is 2. The first-order chi connectivity index (χ1) is 13.0. The van der Waals surface area contributed by atoms with Crippen LogP contribution in [0.2, 0.25) is 0 Å². The molecule has 0 spiro atoms. The third kappa shape index (κ3) is 4.20. The van der Waals surface area contributed by atoms with Crippen molar-refractivity contribution in [1.82, 2.24) is 10.3 Å². The highest BCUT2D eigenvalue weighted by Crippen LogP contribution is 2.27. The fourth-order valence-corrected chi connectivity index (χ4v) is 3.32. The van der Waals surface area contributed by atoms with E-state index < -0.39 is 11.9 Å². The van der Waals surface area contributed by atoms with Crippen molar-refractivity contribution in [2.24, 2.45) is 5.73 Å². The van der Waals surface area contributed by atoms with Crippen molar-refractivity contribution in [2.75, 3.05) is 0 Å². The molecule has 0 fully saturated rings. The van der Waals surface area contributed by atoms with Crippen LogP contribution in [-0.2, 0) is 17.6 Å². The van der Waals surface area contributed by atoms with E-state index in [0.29, 0.717) is 24.8 Å². The molecule has 4 N–H and O–H groups in total. The lowest BCUT2D eigenvalue weighted by molar-refractivity contribution is -0.117. The minimum absolute atomic E-state index is 0.0323. The number of nitrogens with one attached hydrogen (secondary N) is 1. The minimum Gasteiger partial charge on any atom is -0.478 e. The van der Waals surface area contributed by atoms with Gasteiger partial charge in [0, 0.05) is 24.5 Å². The lowest BCUT2D eigenvalue weighted by Gasteiger charge is -2.27. The molecule has 27 heavy (non-hydrogen) atoms. The molecule has 7 heteroatoms. The molecule has 3 rings (SSSR count). The van der Waals surface area contributed by atoms with Gasteiger partial charge in [-0.05, 0) is 54.2 Å². The van der Waals surface area contributed by atoms with Gasteiger partial charge in [0.05, 0.1) is 11.1 Å². The van der Waals surface area contributed by atoms with Crippen molar-refractivity contribution in [2.45, 2.75) is 25.3 Å². The molecule has 1 unspecified atom stereocenters. The van der Waals surface area contributed by atoms with Crippen molar-refractivity contribution in [1.29, 1.82) is 0 Å². The number of carbonyl (C=O) groups is 3. The molecular formula is C20H19N3O4. The second-order valence-electron chi connectivity index (χ2n) is 6.36. The van der Waals surface area contributed by atoms with Crippen molar-refractivity contribution in [3.8, 4) is 0 Å². The van der Waals surface area contributed by atoms with Gasteiger partial charge in [-0.25, -0.2) is 4.79 Å². The summed E-state index contributed by atoms with van der Waals surface area (Å²) in [5.41, 5.74) is 7.66. The van der Waals surface area contributed by atoms with E-state index in [1.54, 1.807) is 30.6 Å². The normalized spacial score (nSPS) is 15.9. The van der Waals surface area contributed by atoms with Crippen molar-refractivity contribution in [3.63, 3.8) is 0 Å². The lowest BCUT2D eigenvalue weighted by Crippen LogP contribution is -2.39. The molecule has 2 aromatic rings. The summed E-state index contributed by atoms with van der Waals surface area (Å²) in [7, 11) is 0. The molecule has 2 amide bonds. The van der Waals surface area contributed by atoms with Gasteiger partial charge in [-0.15, -0.1) is 0 Å². The first-order valence-corrected chi connectivity index (χ1v) is 8.52. The Hall–Kier alpha value is -3.48. The molecule has 1 heterocycles. The maximum Gasteiger partial charge on any atom is 0.336 e. The maximum absolute atomic E-state index is 12.2. The van der Waals surface area contributed by atoms with E-state index in [2.05, 4.69) is 10.3 Å². The van der Waals surface area contributed by atoms with E-state index in [0.717, 1.165) is 11.1 Å². The molecule has 1 aromatic carbocycles. The number of hydrogen-bond donors (Lipinski definition) is 3. The van der Waals surface area contributed by atoms with E-state index in [9.17, 15) is 19.5 Å². The third-order valence-corrected chi connectivity index (χ3v) is 4.56. The van der Waals surface area contributed by atoms with Crippen molar-refractivity contribution >= 4 is 23.9 Å². The van der Waals surface area contributed by atoms with Crippen LogP contribution in [0.15, 0.2) is 42.7 Å². The molecule has 0 saturated heterocycles. The van der Waals surface area contributed by atoms with Crippen LogP contribution >= 0.6 is 0 Å². The zero-order valence-corrected chi connectivity index (χ0v) is 14.5. The fraction of sp³-hybridized carbons (Fsp3) is 0.200. The molecule has 0 bridgehead atoms. The minimum atomic E-state index is -1.20. The Morgan fingerprint density at radius 2 is 2.07 bits per heavy atom. The van der Waals surface area contributed by atoms with Crippen molar-refractivity contribution in [3.05, 3.63) is 70.6 Å². The number of aromatic nitrogens is 1. The van der Waals surface area contributed by atoms with E-state index in [4.69, 9.17) is 5.73 Å². The van der Waals surface area contributed by atoms with Crippen LogP contribution in [0.1, 0.15) is 43.8 Å². The summed E-state index contributed by atoms with van der Waals surface area (Å²) in [4.78, 5) is 39.4. The summed E-state index contributed by atoms with van der Waals surface area (Å²) >= 11 is 0. The predicted molar refractivity (Wildman–Crippen MR) is 99.1 cm³/mol. The SMILES string of the molecule is NC(=O)c1c(C(=O)O)ccc2c1CC(NC(=O)/C=C/c1cccnc1)CC2. The standard InChI is InChI=1S/C20H19N3O4/c21-19(25)18-15(20(26)27)7-5-13-4-6-14(10-16(13)18)23-17(24)8-3-12-2-1-9-22-11-12/h1-3,5,7-9,11,14H,4,6,10H2,(H2,21,25)(H,23,24)(H,26,27)/b8-3+. The first kappa shape index (κ1) is 18.3. The number of nitrogens with two attached hydrogens (primary N) is 1. The molecule has 0 radical (unpaired) electrons. The summed E-state index contributed by atoms with van der Waals surface area (Å²) < 4.78 is 0. The number of hydrogen-bond acceptors (Lipinski definition) is 4. The summed E-state index contributed by atoms with van der Waals surface area (Å²) in [5, 5.41) is 12.2. The van der Waals surface area contributed by atoms with E-state index in [-0.39, 0.29) is 23.1 Å². The number of aryl methyl sites for hydroxylation is 1. The first-order valence-electron chi connectivity index (χ1n) is 8.52. The number of nitrogens with zero attached hydrogens (tertiary/aromatic N) is 1. The Morgan fingerprint density at radius 3 is 2.74 bits per heavy atom. The zero-order valence-electron chi connectivity index (χ0n) is 14.5. The molecule has 1 aliphatic rings. The Labute approximate surface area is 155 Å². The van der Waals surface area contributed by atoms with Crippen molar-refractivity contribution < 1.29 is 19.5 Å². The summed E-state index contributed by atoms with van der Waals surface area (Å²) in [6.07, 6.45) is 8.08. The second kappa shape index (κ2) is 7.82. The monoisotopic (exact) mass is 365 g/mol. The van der Waals surface area contributed by atoms with Gasteiger partial charge in [0.25, 0.3) is 0 Å². The number of pyridine rings is 1. The van der Waals surface area contributed by atoms with E-state index in [1.165, 1.54) is 12.1 Å². The van der Waals surface area contributed by atoms with Gasteiger partial charge in [-0.2, -0.15) is 0 Å². The van der Waals surface area contributed by atoms with Gasteiger partial charge < -0.3 is 16.2 Å². The average molecular weight is 365 g/mol. The van der Waals surface area contributed by atoms with Crippen LogP contribution in [0.4, 0.5) is 0 Å². The van der Waals surface area contributed by atoms with Crippen LogP contribution in [0, 0.1) is 0 Å². The average Bonchev–Trinajstić information content (AvgIpc) is 2.66. The number of carboxylic acid groups (broad SMARTS) is 1. The number of amides is 2. The third-order valence-electron chi connectivity index (χ3n) is 4.56. The largest absolute Gasteiger partial charge is 0.478 e. The topological polar surface area (TPSA) is 122 Å². The Balaban J connectivity index is 1.76. The number of benzene rings is 1. The second-order valence-corrected chi connectivity index (χ2v) is 6.36.